The van der Waals surface area contributed by atoms with E-state index in [4.69, 9.17) is 4.74 Å². The molecule has 1 fully saturated rings. The van der Waals surface area contributed by atoms with E-state index >= 15 is 0 Å². The summed E-state index contributed by atoms with van der Waals surface area (Å²) < 4.78 is 36.8. The molecule has 112 valence electrons. The Kier molecular flexibility index (Phi) is 6.49. The van der Waals surface area contributed by atoms with Gasteiger partial charge in [0.1, 0.15) is 0 Å². The van der Waals surface area contributed by atoms with E-state index in [0.717, 1.165) is 25.7 Å². The highest BCUT2D eigenvalue weighted by molar-refractivity contribution is 5.29. The topological polar surface area (TPSA) is 18.5 Å². The monoisotopic (exact) mass is 284 g/mol. The van der Waals surface area contributed by atoms with Crippen molar-refractivity contribution in [1.29, 1.82) is 0 Å². The summed E-state index contributed by atoms with van der Waals surface area (Å²) >= 11 is 0. The van der Waals surface area contributed by atoms with Gasteiger partial charge in [0.25, 0.3) is 0 Å². The van der Waals surface area contributed by atoms with Crippen LogP contribution in [0.25, 0.3) is 0 Å². The van der Waals surface area contributed by atoms with Gasteiger partial charge in [0, 0.05) is 0 Å². The minimum atomic E-state index is -1.17. The summed E-state index contributed by atoms with van der Waals surface area (Å²) in [6.07, 6.45) is 6.11. The Morgan fingerprint density at radius 3 is 2.15 bits per heavy atom. The highest BCUT2D eigenvalue weighted by Gasteiger charge is 2.21. The van der Waals surface area contributed by atoms with Gasteiger partial charge in [-0.05, 0) is 37.5 Å². The lowest BCUT2D eigenvalue weighted by Gasteiger charge is -2.26. The van der Waals surface area contributed by atoms with Crippen LogP contribution in [0.1, 0.15) is 25.7 Å². The number of hydrogen-bond acceptors (Lipinski definition) is 2. The average molecular weight is 284 g/mol. The Morgan fingerprint density at radius 2 is 1.65 bits per heavy atom. The molecule has 0 saturated heterocycles. The van der Waals surface area contributed by atoms with Crippen molar-refractivity contribution in [3.63, 3.8) is 0 Å². The molecule has 1 rings (SSSR count). The van der Waals surface area contributed by atoms with Gasteiger partial charge in [0.15, 0.2) is 11.5 Å². The third kappa shape index (κ3) is 4.51. The van der Waals surface area contributed by atoms with E-state index in [2.05, 4.69) is 24.5 Å². The number of allylic oxidation sites excluding steroid dienone is 3. The van der Waals surface area contributed by atoms with Crippen molar-refractivity contribution in [1.82, 2.24) is 0 Å². The Morgan fingerprint density at radius 1 is 1.10 bits per heavy atom. The van der Waals surface area contributed by atoms with Gasteiger partial charge in [0.2, 0.25) is 11.7 Å². The van der Waals surface area contributed by atoms with E-state index in [0.29, 0.717) is 18.4 Å². The zero-order valence-electron chi connectivity index (χ0n) is 12.0. The molecule has 20 heavy (non-hydrogen) atoms. The highest BCUT2D eigenvalue weighted by Crippen LogP contribution is 2.30. The molecule has 1 aliphatic rings. The molecule has 4 heteroatoms. The van der Waals surface area contributed by atoms with Gasteiger partial charge in [-0.15, -0.1) is 6.58 Å². The first-order valence-electron chi connectivity index (χ1n) is 6.72. The molecule has 1 aliphatic carbocycles. The maximum Gasteiger partial charge on any atom is 0.203 e. The molecular weight excluding hydrogens is 262 g/mol. The van der Waals surface area contributed by atoms with E-state index in [1.54, 1.807) is 0 Å². The van der Waals surface area contributed by atoms with Gasteiger partial charge in [-0.25, -0.2) is 0 Å². The molecule has 0 aromatic carbocycles. The minimum absolute atomic E-state index is 0.313. The zero-order chi connectivity index (χ0) is 15.1. The van der Waals surface area contributed by atoms with Crippen LogP contribution >= 0.6 is 0 Å². The first-order chi connectivity index (χ1) is 9.49. The van der Waals surface area contributed by atoms with Gasteiger partial charge >= 0.3 is 0 Å². The summed E-state index contributed by atoms with van der Waals surface area (Å²) in [4.78, 5) is 0. The quantitative estimate of drug-likeness (QED) is 0.379. The van der Waals surface area contributed by atoms with E-state index in [-0.39, 0.29) is 11.5 Å². The second kappa shape index (κ2) is 7.88. The molecule has 0 spiro atoms. The molecular formula is C16H22F2O2. The van der Waals surface area contributed by atoms with Crippen LogP contribution in [0.2, 0.25) is 0 Å². The van der Waals surface area contributed by atoms with Gasteiger partial charge in [0.05, 0.1) is 13.7 Å². The lowest BCUT2D eigenvalue weighted by molar-refractivity contribution is 0.133. The molecule has 0 unspecified atom stereocenters. The van der Waals surface area contributed by atoms with Crippen molar-refractivity contribution in [2.45, 2.75) is 25.7 Å². The van der Waals surface area contributed by atoms with Gasteiger partial charge in [-0.3, -0.25) is 0 Å². The normalized spacial score (nSPS) is 23.6. The van der Waals surface area contributed by atoms with Gasteiger partial charge in [-0.2, -0.15) is 8.78 Å². The van der Waals surface area contributed by atoms with E-state index in [9.17, 15) is 8.78 Å². The van der Waals surface area contributed by atoms with E-state index in [1.807, 2.05) is 6.08 Å². The number of methoxy groups -OCH3 is 1. The summed E-state index contributed by atoms with van der Waals surface area (Å²) in [5.74, 6) is -2.10. The summed E-state index contributed by atoms with van der Waals surface area (Å²) in [5.41, 5.74) is 0. The largest absolute Gasteiger partial charge is 0.494 e. The molecule has 0 amide bonds. The second-order valence-electron chi connectivity index (χ2n) is 5.01. The van der Waals surface area contributed by atoms with Crippen molar-refractivity contribution >= 4 is 0 Å². The summed E-state index contributed by atoms with van der Waals surface area (Å²) in [5, 5.41) is 0. The summed E-state index contributed by atoms with van der Waals surface area (Å²) in [6.45, 7) is 10.8. The smallest absolute Gasteiger partial charge is 0.203 e. The number of rotatable bonds is 7. The van der Waals surface area contributed by atoms with Crippen LogP contribution in [0.4, 0.5) is 8.78 Å². The molecule has 1 saturated carbocycles. The fraction of sp³-hybridized carbons (Fsp3) is 0.500. The maximum atomic E-state index is 13.6. The van der Waals surface area contributed by atoms with Crippen LogP contribution in [0.5, 0.6) is 0 Å². The molecule has 0 heterocycles. The lowest BCUT2D eigenvalue weighted by atomic mass is 9.82. The number of ether oxygens (including phenoxy) is 2. The first-order valence-corrected chi connectivity index (χ1v) is 6.72. The van der Waals surface area contributed by atoms with Crippen molar-refractivity contribution < 1.29 is 18.3 Å². The van der Waals surface area contributed by atoms with Crippen molar-refractivity contribution in [2.75, 3.05) is 13.7 Å². The standard InChI is InChI=1S/C16H22F2O2/c1-5-13-6-8-14(9-7-13)10-20-12(3)16(18)15(17)11(2)19-4/h5,13-14H,1-3,6-10H2,4H3/b16-15-. The summed E-state index contributed by atoms with van der Waals surface area (Å²) in [6, 6.07) is 0. The van der Waals surface area contributed by atoms with Crippen LogP contribution in [-0.2, 0) is 9.47 Å². The molecule has 0 N–H and O–H groups in total. The Balaban J connectivity index is 2.44. The molecule has 0 bridgehead atoms. The zero-order valence-corrected chi connectivity index (χ0v) is 12.0. The predicted octanol–water partition coefficient (Wildman–Crippen LogP) is 4.82. The molecule has 0 aromatic rings. The maximum absolute atomic E-state index is 13.6. The molecule has 0 aromatic heterocycles. The minimum Gasteiger partial charge on any atom is -0.494 e. The van der Waals surface area contributed by atoms with Gasteiger partial charge < -0.3 is 9.47 Å². The van der Waals surface area contributed by atoms with Crippen molar-refractivity contribution in [2.24, 2.45) is 11.8 Å². The Hall–Kier alpha value is -1.58. The van der Waals surface area contributed by atoms with Crippen LogP contribution in [0.15, 0.2) is 49.0 Å². The lowest BCUT2D eigenvalue weighted by Crippen LogP contribution is -2.17. The SMILES string of the molecule is C=CC1CCC(COC(=C)/C(F)=C(/F)C(=C)OC)CC1. The molecule has 0 atom stereocenters. The molecule has 2 nitrogen and oxygen atoms in total. The van der Waals surface area contributed by atoms with Crippen molar-refractivity contribution in [3.8, 4) is 0 Å². The second-order valence-corrected chi connectivity index (χ2v) is 5.01. The van der Waals surface area contributed by atoms with Crippen molar-refractivity contribution in [3.05, 3.63) is 49.0 Å². The van der Waals surface area contributed by atoms with Crippen LogP contribution in [0.3, 0.4) is 0 Å². The third-order valence-corrected chi connectivity index (χ3v) is 3.65. The molecule has 0 radical (unpaired) electrons. The van der Waals surface area contributed by atoms with E-state index < -0.39 is 11.7 Å². The van der Waals surface area contributed by atoms with Crippen LogP contribution in [-0.4, -0.2) is 13.7 Å². The average Bonchev–Trinajstić information content (AvgIpc) is 2.50. The highest BCUT2D eigenvalue weighted by atomic mass is 19.2. The predicted molar refractivity (Wildman–Crippen MR) is 76.1 cm³/mol. The summed E-state index contributed by atoms with van der Waals surface area (Å²) in [7, 11) is 1.22. The fourth-order valence-electron chi connectivity index (χ4n) is 2.21. The third-order valence-electron chi connectivity index (χ3n) is 3.65. The number of hydrogen-bond donors (Lipinski definition) is 0. The Bertz CT molecular complexity index is 405. The van der Waals surface area contributed by atoms with Crippen LogP contribution in [0, 0.1) is 11.8 Å². The van der Waals surface area contributed by atoms with Crippen LogP contribution < -0.4 is 0 Å². The van der Waals surface area contributed by atoms with E-state index in [1.165, 1.54) is 7.11 Å². The first kappa shape index (κ1) is 16.5. The fourth-order valence-corrected chi connectivity index (χ4v) is 2.21. The molecule has 0 aliphatic heterocycles. The number of halogens is 2. The Labute approximate surface area is 119 Å². The van der Waals surface area contributed by atoms with Gasteiger partial charge in [-0.1, -0.05) is 19.2 Å².